The van der Waals surface area contributed by atoms with Crippen molar-refractivity contribution in [2.75, 3.05) is 17.4 Å². The second-order valence-electron chi connectivity index (χ2n) is 10.1. The molecule has 0 aliphatic heterocycles. The minimum Gasteiger partial charge on any atom is -0.354 e. The van der Waals surface area contributed by atoms with E-state index in [9.17, 15) is 18.0 Å². The Morgan fingerprint density at radius 1 is 0.818 bits per heavy atom. The zero-order valence-electron chi connectivity index (χ0n) is 24.0. The maximum atomic E-state index is 14.4. The van der Waals surface area contributed by atoms with Crippen LogP contribution < -0.4 is 9.62 Å². The number of nitrogens with zero attached hydrogens (tertiary/aromatic N) is 2. The van der Waals surface area contributed by atoms with Gasteiger partial charge in [0.2, 0.25) is 11.8 Å². The number of rotatable bonds is 13. The van der Waals surface area contributed by atoms with Crippen molar-refractivity contribution in [2.45, 2.75) is 37.2 Å². The molecule has 0 fully saturated rings. The number of halogens is 3. The number of sulfonamides is 1. The minimum atomic E-state index is -4.22. The number of carbonyl (C=O) groups is 2. The van der Waals surface area contributed by atoms with Crippen LogP contribution in [0.25, 0.3) is 0 Å². The molecule has 0 aliphatic rings. The average Bonchev–Trinajstić information content (AvgIpc) is 3.02. The molecular weight excluding hydrogens is 641 g/mol. The van der Waals surface area contributed by atoms with Crippen LogP contribution in [0.2, 0.25) is 15.1 Å². The zero-order chi connectivity index (χ0) is 31.7. The van der Waals surface area contributed by atoms with E-state index in [1.165, 1.54) is 23.1 Å². The molecule has 7 nitrogen and oxygen atoms in total. The van der Waals surface area contributed by atoms with Crippen LogP contribution in [0.3, 0.4) is 0 Å². The van der Waals surface area contributed by atoms with E-state index in [0.717, 1.165) is 9.87 Å². The molecule has 1 N–H and O–H groups in total. The number of anilines is 1. The fourth-order valence-electron chi connectivity index (χ4n) is 4.63. The van der Waals surface area contributed by atoms with Crippen LogP contribution in [0, 0.1) is 0 Å². The molecule has 0 heterocycles. The van der Waals surface area contributed by atoms with Gasteiger partial charge in [-0.1, -0.05) is 102 Å². The lowest BCUT2D eigenvalue weighted by molar-refractivity contribution is -0.140. The van der Waals surface area contributed by atoms with Crippen LogP contribution >= 0.6 is 34.8 Å². The van der Waals surface area contributed by atoms with Crippen LogP contribution in [0.4, 0.5) is 5.69 Å². The van der Waals surface area contributed by atoms with E-state index in [0.29, 0.717) is 33.6 Å². The third-order valence-corrected chi connectivity index (χ3v) is 9.49. The monoisotopic (exact) mass is 671 g/mol. The van der Waals surface area contributed by atoms with Crippen molar-refractivity contribution < 1.29 is 18.0 Å². The zero-order valence-corrected chi connectivity index (χ0v) is 27.1. The Morgan fingerprint density at radius 3 is 2.11 bits per heavy atom. The summed E-state index contributed by atoms with van der Waals surface area (Å²) in [5.74, 6) is -0.975. The lowest BCUT2D eigenvalue weighted by Gasteiger charge is -2.34. The standard InChI is InChI=1S/C33H32Cl3N3O4S/c1-2-18-37-33(41)31(19-24-10-5-3-6-11-24)38(22-25-16-17-27(35)21-30(25)36)32(40)23-39(28-13-9-12-26(34)20-28)44(42,43)29-14-7-4-8-15-29/h3-17,20-21,31H,2,18-19,22-23H2,1H3,(H,37,41)/t31-/m0/s1. The first-order valence-electron chi connectivity index (χ1n) is 14.0. The summed E-state index contributed by atoms with van der Waals surface area (Å²) >= 11 is 18.9. The molecule has 11 heteroatoms. The predicted octanol–water partition coefficient (Wildman–Crippen LogP) is 7.01. The third-order valence-electron chi connectivity index (χ3n) is 6.88. The van der Waals surface area contributed by atoms with Crippen LogP contribution in [0.15, 0.2) is 108 Å². The second kappa shape index (κ2) is 15.4. The highest BCUT2D eigenvalue weighted by Gasteiger charge is 2.35. The first-order chi connectivity index (χ1) is 21.1. The molecule has 0 saturated carbocycles. The molecule has 4 rings (SSSR count). The molecule has 0 saturated heterocycles. The molecule has 4 aromatic carbocycles. The normalized spacial score (nSPS) is 11.9. The van der Waals surface area contributed by atoms with Gasteiger partial charge in [-0.15, -0.1) is 0 Å². The lowest BCUT2D eigenvalue weighted by Crippen LogP contribution is -2.53. The number of hydrogen-bond donors (Lipinski definition) is 1. The summed E-state index contributed by atoms with van der Waals surface area (Å²) in [6.07, 6.45) is 0.883. The van der Waals surface area contributed by atoms with Gasteiger partial charge in [-0.2, -0.15) is 0 Å². The highest BCUT2D eigenvalue weighted by Crippen LogP contribution is 2.28. The van der Waals surface area contributed by atoms with E-state index in [2.05, 4.69) is 5.32 Å². The first kappa shape index (κ1) is 33.3. The van der Waals surface area contributed by atoms with Gasteiger partial charge in [0, 0.05) is 34.6 Å². The second-order valence-corrected chi connectivity index (χ2v) is 13.2. The van der Waals surface area contributed by atoms with Gasteiger partial charge in [-0.05, 0) is 60.0 Å². The highest BCUT2D eigenvalue weighted by atomic mass is 35.5. The molecule has 0 aromatic heterocycles. The third kappa shape index (κ3) is 8.54. The Hall–Kier alpha value is -3.56. The minimum absolute atomic E-state index is 0.00148. The van der Waals surface area contributed by atoms with Crippen molar-refractivity contribution in [1.82, 2.24) is 10.2 Å². The molecule has 0 unspecified atom stereocenters. The average molecular weight is 673 g/mol. The molecule has 0 bridgehead atoms. The fraction of sp³-hybridized carbons (Fsp3) is 0.212. The largest absolute Gasteiger partial charge is 0.354 e. The van der Waals surface area contributed by atoms with Crippen molar-refractivity contribution in [1.29, 1.82) is 0 Å². The van der Waals surface area contributed by atoms with Gasteiger partial charge in [-0.3, -0.25) is 13.9 Å². The van der Waals surface area contributed by atoms with E-state index < -0.39 is 28.5 Å². The molecule has 0 radical (unpaired) electrons. The van der Waals surface area contributed by atoms with Gasteiger partial charge < -0.3 is 10.2 Å². The van der Waals surface area contributed by atoms with Crippen LogP contribution in [0.1, 0.15) is 24.5 Å². The first-order valence-corrected chi connectivity index (χ1v) is 16.6. The van der Waals surface area contributed by atoms with E-state index >= 15 is 0 Å². The SMILES string of the molecule is CCCNC(=O)[C@H](Cc1ccccc1)N(Cc1ccc(Cl)cc1Cl)C(=O)CN(c1cccc(Cl)c1)S(=O)(=O)c1ccccc1. The predicted molar refractivity (Wildman–Crippen MR) is 177 cm³/mol. The maximum Gasteiger partial charge on any atom is 0.264 e. The molecule has 4 aromatic rings. The van der Waals surface area contributed by atoms with Crippen LogP contribution in [-0.4, -0.2) is 44.3 Å². The van der Waals surface area contributed by atoms with Gasteiger partial charge in [0.1, 0.15) is 12.6 Å². The number of benzene rings is 4. The van der Waals surface area contributed by atoms with Crippen molar-refractivity contribution >= 4 is 62.3 Å². The lowest BCUT2D eigenvalue weighted by atomic mass is 10.0. The summed E-state index contributed by atoms with van der Waals surface area (Å²) in [5, 5.41) is 3.94. The topological polar surface area (TPSA) is 86.8 Å². The Kier molecular flexibility index (Phi) is 11.7. The molecule has 0 spiro atoms. The summed E-state index contributed by atoms with van der Waals surface area (Å²) in [7, 11) is -4.22. The summed E-state index contributed by atoms with van der Waals surface area (Å²) in [6, 6.07) is 27.3. The molecular formula is C33H32Cl3N3O4S. The molecule has 1 atom stereocenters. The fourth-order valence-corrected chi connectivity index (χ4v) is 6.71. The van der Waals surface area contributed by atoms with Crippen molar-refractivity contribution in [2.24, 2.45) is 0 Å². The van der Waals surface area contributed by atoms with Crippen molar-refractivity contribution in [3.8, 4) is 0 Å². The Labute approximate surface area is 273 Å². The summed E-state index contributed by atoms with van der Waals surface area (Å²) < 4.78 is 29.0. The van der Waals surface area contributed by atoms with Crippen LogP contribution in [-0.2, 0) is 32.6 Å². The summed E-state index contributed by atoms with van der Waals surface area (Å²) in [4.78, 5) is 29.5. The molecule has 230 valence electrons. The van der Waals surface area contributed by atoms with Gasteiger partial charge in [0.05, 0.1) is 10.6 Å². The Morgan fingerprint density at radius 2 is 1.48 bits per heavy atom. The quantitative estimate of drug-likeness (QED) is 0.166. The smallest absolute Gasteiger partial charge is 0.264 e. The van der Waals surface area contributed by atoms with E-state index in [1.54, 1.807) is 54.6 Å². The van der Waals surface area contributed by atoms with E-state index in [4.69, 9.17) is 34.8 Å². The van der Waals surface area contributed by atoms with Crippen molar-refractivity contribution in [3.63, 3.8) is 0 Å². The van der Waals surface area contributed by atoms with Gasteiger partial charge in [0.25, 0.3) is 10.0 Å². The molecule has 44 heavy (non-hydrogen) atoms. The van der Waals surface area contributed by atoms with Crippen LogP contribution in [0.5, 0.6) is 0 Å². The summed E-state index contributed by atoms with van der Waals surface area (Å²) in [5.41, 5.74) is 1.58. The van der Waals surface area contributed by atoms with Gasteiger partial charge >= 0.3 is 0 Å². The number of hydrogen-bond acceptors (Lipinski definition) is 4. The molecule has 0 aliphatic carbocycles. The van der Waals surface area contributed by atoms with Gasteiger partial charge in [-0.25, -0.2) is 8.42 Å². The maximum absolute atomic E-state index is 14.4. The number of amides is 2. The Bertz CT molecular complexity index is 1690. The van der Waals surface area contributed by atoms with E-state index in [1.807, 2.05) is 37.3 Å². The van der Waals surface area contributed by atoms with Crippen molar-refractivity contribution in [3.05, 3.63) is 129 Å². The summed E-state index contributed by atoms with van der Waals surface area (Å²) in [6.45, 7) is 1.67. The van der Waals surface area contributed by atoms with E-state index in [-0.39, 0.29) is 29.5 Å². The highest BCUT2D eigenvalue weighted by molar-refractivity contribution is 7.92. The molecule has 2 amide bonds. The number of nitrogens with one attached hydrogen (secondary N) is 1. The Balaban J connectivity index is 1.81. The number of carbonyl (C=O) groups excluding carboxylic acids is 2. The van der Waals surface area contributed by atoms with Gasteiger partial charge in [0.15, 0.2) is 0 Å².